The quantitative estimate of drug-likeness (QED) is 0.108. The molecule has 0 spiro atoms. The first kappa shape index (κ1) is 62.1. The van der Waals surface area contributed by atoms with E-state index < -0.39 is 27.0 Å². The summed E-state index contributed by atoms with van der Waals surface area (Å²) in [6, 6.07) is 44.9. The fraction of sp³-hybridized carbons (Fsp3) is 0.313. The second kappa shape index (κ2) is 29.5. The summed E-state index contributed by atoms with van der Waals surface area (Å²) in [5.74, 6) is 0. The summed E-state index contributed by atoms with van der Waals surface area (Å²) in [6.07, 6.45) is 2.58. The van der Waals surface area contributed by atoms with Gasteiger partial charge in [-0.2, -0.15) is 13.3 Å². The number of nitrogens with zero attached hydrogens (tertiary/aromatic N) is 5. The van der Waals surface area contributed by atoms with E-state index in [9.17, 15) is 0 Å². The Bertz CT molecular complexity index is 2910. The Morgan fingerprint density at radius 1 is 0.405 bits per heavy atom. The Morgan fingerprint density at radius 3 is 1.09 bits per heavy atom. The molecule has 3 aliphatic heterocycles. The van der Waals surface area contributed by atoms with Gasteiger partial charge in [0.15, 0.2) is 0 Å². The zero-order valence-corrected chi connectivity index (χ0v) is 54.8. The number of benzene rings is 7. The molecule has 3 heterocycles. The zero-order valence-electron chi connectivity index (χ0n) is 48.3. The Kier molecular flexibility index (Phi) is 23.2. The van der Waals surface area contributed by atoms with Gasteiger partial charge in [-0.3, -0.25) is 0 Å². The van der Waals surface area contributed by atoms with Crippen molar-refractivity contribution in [3.8, 4) is 0 Å². The van der Waals surface area contributed by atoms with E-state index in [1.165, 1.54) is 119 Å². The first-order valence-electron chi connectivity index (χ1n) is 27.2. The van der Waals surface area contributed by atoms with E-state index >= 15 is 0 Å². The van der Waals surface area contributed by atoms with Crippen molar-refractivity contribution in [1.29, 1.82) is 0 Å². The predicted molar refractivity (Wildman–Crippen MR) is 342 cm³/mol. The van der Waals surface area contributed by atoms with Crippen LogP contribution < -0.4 is 29.8 Å². The topological polar surface area (TPSA) is 28.2 Å². The number of hydrogen-bond donors (Lipinski definition) is 1. The van der Waals surface area contributed by atoms with Crippen LogP contribution in [-0.4, -0.2) is 48.5 Å². The van der Waals surface area contributed by atoms with Crippen LogP contribution in [0.15, 0.2) is 127 Å². The van der Waals surface area contributed by atoms with Crippen LogP contribution in [0.1, 0.15) is 96.3 Å². The van der Waals surface area contributed by atoms with E-state index in [1.54, 1.807) is 0 Å². The Balaban J connectivity index is 0.000000155. The van der Waals surface area contributed by atoms with Crippen molar-refractivity contribution in [3.63, 3.8) is 0 Å². The van der Waals surface area contributed by atoms with E-state index in [-0.39, 0.29) is 0 Å². The van der Waals surface area contributed by atoms with Crippen LogP contribution in [0.5, 0.6) is 0 Å². The number of hydrogen-bond acceptors (Lipinski definition) is 6. The first-order valence-corrected chi connectivity index (χ1v) is 38.2. The zero-order chi connectivity index (χ0) is 56.9. The summed E-state index contributed by atoms with van der Waals surface area (Å²) in [4.78, 5) is 12.0. The number of aryl methyl sites for hydroxylation is 12. The molecule has 424 valence electrons. The van der Waals surface area contributed by atoms with Crippen molar-refractivity contribution in [2.45, 2.75) is 102 Å². The second-order valence-electron chi connectivity index (χ2n) is 21.3. The van der Waals surface area contributed by atoms with Gasteiger partial charge in [0.05, 0.1) is 0 Å². The second-order valence-corrected chi connectivity index (χ2v) is 32.7. The number of rotatable bonds is 10. The van der Waals surface area contributed by atoms with Crippen LogP contribution in [-0.2, 0) is 33.6 Å². The standard InChI is InChI=1S/2C21H27N2.C14H13N.C11H13N.4ClH.2Ru/c2*1-14-9-16(3)20(17(4)10-14)22-7-8-23(13-22)21-18(5)11-15(2)12-19(21)6;1-12-7-5-6-10-14(12)15-11-13-8-3-2-4-9-13;1-10-6-2-3-7-11(10)12-8-4-5-9-12;;;;;;/h2*9-13H,7-8H2,1-6H3;1-10,15H,11H2;1-3,6-7H,4-5,8-9H2;4*1H;;/q2*-1;;;;;;;2*+2/p-4. The molecule has 0 unspecified atom stereocenters. The summed E-state index contributed by atoms with van der Waals surface area (Å²) in [5.41, 5.74) is 27.6. The third-order valence-electron chi connectivity index (χ3n) is 14.5. The monoisotopic (exact) mass is 1310 g/mol. The van der Waals surface area contributed by atoms with Crippen LogP contribution in [0.2, 0.25) is 0 Å². The third-order valence-corrected chi connectivity index (χ3v) is 18.1. The minimum absolute atomic E-state index is 0.795. The minimum atomic E-state index is -1.78. The first-order chi connectivity index (χ1) is 37.8. The van der Waals surface area contributed by atoms with Crippen LogP contribution >= 0.6 is 38.8 Å². The molecule has 7 aromatic rings. The van der Waals surface area contributed by atoms with Crippen LogP contribution in [0, 0.1) is 96.4 Å². The van der Waals surface area contributed by atoms with Crippen molar-refractivity contribution >= 4 is 82.1 Å². The molecule has 10 rings (SSSR count). The molecule has 1 N–H and O–H groups in total. The fourth-order valence-corrected chi connectivity index (χ4v) is 15.4. The molecule has 3 saturated heterocycles. The van der Waals surface area contributed by atoms with Crippen molar-refractivity contribution in [1.82, 2.24) is 0 Å². The summed E-state index contributed by atoms with van der Waals surface area (Å²) in [5, 5.41) is 3.41. The summed E-state index contributed by atoms with van der Waals surface area (Å²) in [6.45, 7) is 38.2. The molecular weight excluding hydrogens is 1230 g/mol. The van der Waals surface area contributed by atoms with Gasteiger partial charge in [0, 0.05) is 48.9 Å². The molecule has 0 aliphatic carbocycles. The van der Waals surface area contributed by atoms with Crippen molar-refractivity contribution in [2.24, 2.45) is 0 Å². The summed E-state index contributed by atoms with van der Waals surface area (Å²) < 4.78 is 3.99. The van der Waals surface area contributed by atoms with E-state index in [1.807, 2.05) is 57.7 Å². The molecule has 0 radical (unpaired) electrons. The molecule has 6 nitrogen and oxygen atoms in total. The van der Waals surface area contributed by atoms with E-state index in [0.717, 1.165) is 57.1 Å². The average molecular weight is 1310 g/mol. The number of halogens is 4. The van der Waals surface area contributed by atoms with Gasteiger partial charge < -0.3 is 19.6 Å². The van der Waals surface area contributed by atoms with Gasteiger partial charge in [-0.15, -0.1) is 0 Å². The van der Waals surface area contributed by atoms with Crippen LogP contribution in [0.3, 0.4) is 0 Å². The van der Waals surface area contributed by atoms with Gasteiger partial charge >= 0.3 is 225 Å². The maximum atomic E-state index is 5.93. The number of para-hydroxylation sites is 2. The summed E-state index contributed by atoms with van der Waals surface area (Å²) in [7, 11) is 23.7. The third kappa shape index (κ3) is 17.3. The van der Waals surface area contributed by atoms with Gasteiger partial charge in [0.1, 0.15) is 0 Å². The van der Waals surface area contributed by atoms with E-state index in [2.05, 4.69) is 205 Å². The predicted octanol–water partition coefficient (Wildman–Crippen LogP) is 17.7. The molecule has 0 bridgehead atoms. The van der Waals surface area contributed by atoms with Crippen LogP contribution in [0.4, 0.5) is 34.1 Å². The molecule has 3 aliphatic rings. The van der Waals surface area contributed by atoms with Crippen LogP contribution in [0.25, 0.3) is 0 Å². The normalized spacial score (nSPS) is 14.2. The molecule has 0 saturated carbocycles. The maximum absolute atomic E-state index is 5.93. The van der Waals surface area contributed by atoms with Crippen molar-refractivity contribution in [2.75, 3.05) is 69.1 Å². The van der Waals surface area contributed by atoms with Crippen molar-refractivity contribution in [3.05, 3.63) is 224 Å². The molecular formula is C67H80Cl4N6Ru2-2. The summed E-state index contributed by atoms with van der Waals surface area (Å²) >= 11 is -3.50. The Morgan fingerprint density at radius 2 is 0.722 bits per heavy atom. The molecule has 0 amide bonds. The molecule has 0 atom stereocenters. The van der Waals surface area contributed by atoms with Gasteiger partial charge in [-0.25, -0.2) is 0 Å². The average Bonchev–Trinajstić information content (AvgIpc) is 4.19. The molecule has 7 aromatic carbocycles. The van der Waals surface area contributed by atoms with E-state index in [0.29, 0.717) is 0 Å². The van der Waals surface area contributed by atoms with Gasteiger partial charge in [-0.05, 0) is 128 Å². The number of anilines is 6. The van der Waals surface area contributed by atoms with Gasteiger partial charge in [-0.1, -0.05) is 70.8 Å². The SMILES string of the molecule is Cc1cc(C)c(N2[CH-]N(c3c(C)cc(C)cc3C)CC2)c(C)c1.Cc1cc(C)c(N2[CH-]N(c3c(C)cc(C)cc3C)CC2)c(C)c1.[Cl][Ru]([Cl])=[CH]c1ccccc1N1CCCC1.[Cl][Ru]([Cl])=[CH]c1ccccc1NCc1ccccc1. The van der Waals surface area contributed by atoms with Crippen molar-refractivity contribution < 1.29 is 27.0 Å². The molecule has 12 heteroatoms. The molecule has 3 fully saturated rings. The number of nitrogens with one attached hydrogen (secondary N) is 1. The molecule has 79 heavy (non-hydrogen) atoms. The fourth-order valence-electron chi connectivity index (χ4n) is 11.7. The van der Waals surface area contributed by atoms with E-state index in [4.69, 9.17) is 38.8 Å². The Labute approximate surface area is 500 Å². The Hall–Kier alpha value is -4.51. The van der Waals surface area contributed by atoms with Gasteiger partial charge in [0.2, 0.25) is 0 Å². The van der Waals surface area contributed by atoms with Gasteiger partial charge in [0.25, 0.3) is 0 Å². The molecule has 0 aromatic heterocycles.